The van der Waals surface area contributed by atoms with Crippen molar-refractivity contribution in [2.75, 3.05) is 0 Å². The van der Waals surface area contributed by atoms with Gasteiger partial charge in [-0.15, -0.1) is 0 Å². The fourth-order valence-corrected chi connectivity index (χ4v) is 1.39. The molecule has 0 aliphatic rings. The van der Waals surface area contributed by atoms with E-state index < -0.39 is 0 Å². The molecule has 0 radical (unpaired) electrons. The minimum atomic E-state index is -0.287. The summed E-state index contributed by atoms with van der Waals surface area (Å²) in [6, 6.07) is 13.1. The van der Waals surface area contributed by atoms with Gasteiger partial charge in [0.2, 0.25) is 6.54 Å². The first kappa shape index (κ1) is 11.2. The van der Waals surface area contributed by atoms with Crippen molar-refractivity contribution >= 4 is 0 Å². The molecule has 0 N–H and O–H groups in total. The number of nitrogens with zero attached hydrogens (tertiary/aromatic N) is 1. The molecule has 0 aromatic heterocycles. The van der Waals surface area contributed by atoms with Gasteiger partial charge in [0, 0.05) is 5.56 Å². The lowest BCUT2D eigenvalue weighted by Gasteiger charge is -2.05. The Morgan fingerprint density at radius 2 is 1.47 bits per heavy atom. The molecule has 3 heteroatoms. The summed E-state index contributed by atoms with van der Waals surface area (Å²) in [6.45, 7) is 7.12. The average Bonchev–Trinajstić information content (AvgIpc) is 2.35. The van der Waals surface area contributed by atoms with Crippen LogP contribution in [0.5, 0.6) is 11.5 Å². The predicted octanol–water partition coefficient (Wildman–Crippen LogP) is 4.04. The van der Waals surface area contributed by atoms with Gasteiger partial charge in [-0.05, 0) is 48.5 Å². The number of ether oxygens (including phenoxy) is 1. The Hall–Kier alpha value is -2.34. The summed E-state index contributed by atoms with van der Waals surface area (Å²) in [6.07, 6.45) is 0. The number of rotatable bonds is 3. The van der Waals surface area contributed by atoms with Crippen LogP contribution < -0.4 is 4.74 Å². The van der Waals surface area contributed by atoms with Crippen LogP contribution in [0.1, 0.15) is 5.56 Å². The van der Waals surface area contributed by atoms with E-state index >= 15 is 0 Å². The van der Waals surface area contributed by atoms with E-state index in [2.05, 4.69) is 4.85 Å². The number of hydrogen-bond donors (Lipinski definition) is 0. The minimum Gasteiger partial charge on any atom is -0.457 e. The highest BCUT2D eigenvalue weighted by Gasteiger charge is 1.99. The molecule has 0 atom stereocenters. The lowest BCUT2D eigenvalue weighted by Crippen LogP contribution is -1.85. The normalized spacial score (nSPS) is 9.65. The molecule has 0 saturated heterocycles. The highest BCUT2D eigenvalue weighted by Crippen LogP contribution is 2.21. The molecule has 2 aromatic carbocycles. The predicted molar refractivity (Wildman–Crippen MR) is 63.2 cm³/mol. The third-order valence-corrected chi connectivity index (χ3v) is 2.23. The molecule has 0 saturated carbocycles. The minimum absolute atomic E-state index is 0.287. The first-order valence-corrected chi connectivity index (χ1v) is 5.13. The summed E-state index contributed by atoms with van der Waals surface area (Å²) in [5.41, 5.74) is 0.950. The van der Waals surface area contributed by atoms with E-state index in [4.69, 9.17) is 11.3 Å². The van der Waals surface area contributed by atoms with Gasteiger partial charge in [0.05, 0.1) is 0 Å². The van der Waals surface area contributed by atoms with Gasteiger partial charge in [-0.3, -0.25) is 0 Å². The molecule has 17 heavy (non-hydrogen) atoms. The summed E-state index contributed by atoms with van der Waals surface area (Å²) in [5.74, 6) is 0.972. The van der Waals surface area contributed by atoms with E-state index in [1.165, 1.54) is 12.1 Å². The Morgan fingerprint density at radius 3 is 2.00 bits per heavy atom. The topological polar surface area (TPSA) is 13.6 Å². The van der Waals surface area contributed by atoms with Crippen molar-refractivity contribution in [3.63, 3.8) is 0 Å². The molecule has 2 rings (SSSR count). The Balaban J connectivity index is 2.09. The third-order valence-electron chi connectivity index (χ3n) is 2.23. The molecule has 2 nitrogen and oxygen atoms in total. The van der Waals surface area contributed by atoms with Crippen molar-refractivity contribution in [2.24, 2.45) is 0 Å². The van der Waals surface area contributed by atoms with Crippen LogP contribution in [0.3, 0.4) is 0 Å². The van der Waals surface area contributed by atoms with Crippen molar-refractivity contribution in [1.82, 2.24) is 0 Å². The largest absolute Gasteiger partial charge is 0.457 e. The Morgan fingerprint density at radius 1 is 0.941 bits per heavy atom. The SMILES string of the molecule is [C-]#[N+]Cc1ccc(Oc2ccc(F)cc2)cc1. The molecule has 0 amide bonds. The Labute approximate surface area is 99.1 Å². The zero-order valence-electron chi connectivity index (χ0n) is 9.06. The van der Waals surface area contributed by atoms with E-state index in [-0.39, 0.29) is 5.82 Å². The summed E-state index contributed by atoms with van der Waals surface area (Å²) < 4.78 is 18.2. The first-order valence-electron chi connectivity index (χ1n) is 5.13. The molecule has 0 heterocycles. The van der Waals surface area contributed by atoms with Gasteiger partial charge >= 0.3 is 0 Å². The van der Waals surface area contributed by atoms with E-state index in [1.54, 1.807) is 24.3 Å². The molecule has 0 spiro atoms. The Kier molecular flexibility index (Phi) is 3.37. The van der Waals surface area contributed by atoms with Gasteiger partial charge in [0.1, 0.15) is 17.3 Å². The molecule has 0 fully saturated rings. The van der Waals surface area contributed by atoms with Crippen LogP contribution in [-0.2, 0) is 6.54 Å². The van der Waals surface area contributed by atoms with Gasteiger partial charge < -0.3 is 9.58 Å². The third kappa shape index (κ3) is 3.05. The highest BCUT2D eigenvalue weighted by atomic mass is 19.1. The van der Waals surface area contributed by atoms with Crippen LogP contribution in [0.2, 0.25) is 0 Å². The zero-order valence-corrected chi connectivity index (χ0v) is 9.06. The molecular weight excluding hydrogens is 217 g/mol. The smallest absolute Gasteiger partial charge is 0.239 e. The number of halogens is 1. The molecule has 2 aromatic rings. The fourth-order valence-electron chi connectivity index (χ4n) is 1.39. The van der Waals surface area contributed by atoms with Gasteiger partial charge in [-0.2, -0.15) is 0 Å². The molecule has 0 bridgehead atoms. The lowest BCUT2D eigenvalue weighted by molar-refractivity contribution is 0.480. The lowest BCUT2D eigenvalue weighted by atomic mass is 10.2. The molecule has 84 valence electrons. The van der Waals surface area contributed by atoms with Crippen LogP contribution in [-0.4, -0.2) is 0 Å². The van der Waals surface area contributed by atoms with Crippen LogP contribution >= 0.6 is 0 Å². The van der Waals surface area contributed by atoms with Gasteiger partial charge in [-0.25, -0.2) is 11.0 Å². The Bertz CT molecular complexity index is 526. The highest BCUT2D eigenvalue weighted by molar-refractivity contribution is 5.33. The van der Waals surface area contributed by atoms with E-state index in [0.717, 1.165) is 5.56 Å². The maximum Gasteiger partial charge on any atom is 0.239 e. The van der Waals surface area contributed by atoms with Crippen LogP contribution in [0.4, 0.5) is 4.39 Å². The second-order valence-electron chi connectivity index (χ2n) is 3.52. The van der Waals surface area contributed by atoms with Crippen LogP contribution in [0.25, 0.3) is 4.85 Å². The number of benzene rings is 2. The zero-order chi connectivity index (χ0) is 12.1. The van der Waals surface area contributed by atoms with Crippen molar-refractivity contribution in [3.8, 4) is 11.5 Å². The summed E-state index contributed by atoms with van der Waals surface area (Å²) >= 11 is 0. The van der Waals surface area contributed by atoms with Gasteiger partial charge in [-0.1, -0.05) is 0 Å². The second-order valence-corrected chi connectivity index (χ2v) is 3.52. The molecule has 0 unspecified atom stereocenters. The summed E-state index contributed by atoms with van der Waals surface area (Å²) in [5, 5.41) is 0. The van der Waals surface area contributed by atoms with Crippen LogP contribution in [0.15, 0.2) is 48.5 Å². The van der Waals surface area contributed by atoms with Crippen LogP contribution in [0, 0.1) is 12.4 Å². The monoisotopic (exact) mass is 227 g/mol. The summed E-state index contributed by atoms with van der Waals surface area (Å²) in [4.78, 5) is 3.30. The van der Waals surface area contributed by atoms with Crippen molar-refractivity contribution < 1.29 is 9.13 Å². The van der Waals surface area contributed by atoms with E-state index in [9.17, 15) is 4.39 Å². The van der Waals surface area contributed by atoms with E-state index in [1.807, 2.05) is 12.1 Å². The quantitative estimate of drug-likeness (QED) is 0.721. The van der Waals surface area contributed by atoms with E-state index in [0.29, 0.717) is 18.0 Å². The summed E-state index contributed by atoms with van der Waals surface area (Å²) in [7, 11) is 0. The standard InChI is InChI=1S/C14H10FNO/c1-16-10-11-2-6-13(7-3-11)17-14-8-4-12(15)5-9-14/h2-9H,10H2. The van der Waals surface area contributed by atoms with Gasteiger partial charge in [0.25, 0.3) is 0 Å². The fraction of sp³-hybridized carbons (Fsp3) is 0.0714. The first-order chi connectivity index (χ1) is 8.28. The van der Waals surface area contributed by atoms with Crippen molar-refractivity contribution in [1.29, 1.82) is 0 Å². The average molecular weight is 227 g/mol. The van der Waals surface area contributed by atoms with Crippen molar-refractivity contribution in [2.45, 2.75) is 6.54 Å². The van der Waals surface area contributed by atoms with Crippen molar-refractivity contribution in [3.05, 3.63) is 71.3 Å². The maximum atomic E-state index is 12.7. The number of hydrogen-bond acceptors (Lipinski definition) is 1. The second kappa shape index (κ2) is 5.13. The van der Waals surface area contributed by atoms with Gasteiger partial charge in [0.15, 0.2) is 0 Å². The molecule has 0 aliphatic carbocycles. The maximum absolute atomic E-state index is 12.7. The molecular formula is C14H10FNO. The molecule has 0 aliphatic heterocycles.